The Hall–Kier alpha value is -0.960. The summed E-state index contributed by atoms with van der Waals surface area (Å²) in [6, 6.07) is 1.33. The van der Waals surface area contributed by atoms with Gasteiger partial charge in [-0.3, -0.25) is 4.98 Å². The van der Waals surface area contributed by atoms with E-state index in [2.05, 4.69) is 4.98 Å². The Morgan fingerprint density at radius 1 is 1.50 bits per heavy atom. The van der Waals surface area contributed by atoms with Crippen molar-refractivity contribution in [2.45, 2.75) is 32.8 Å². The fourth-order valence-electron chi connectivity index (χ4n) is 1.62. The quantitative estimate of drug-likeness (QED) is 0.807. The van der Waals surface area contributed by atoms with Crippen LogP contribution in [0, 0.1) is 11.7 Å². The lowest BCUT2D eigenvalue weighted by atomic mass is 9.88. The Kier molecular flexibility index (Phi) is 3.21. The van der Waals surface area contributed by atoms with Crippen molar-refractivity contribution in [1.82, 2.24) is 4.98 Å². The molecule has 0 aliphatic rings. The number of hydrogen-bond donors (Lipinski definition) is 1. The van der Waals surface area contributed by atoms with E-state index in [0.29, 0.717) is 17.9 Å². The van der Waals surface area contributed by atoms with E-state index in [-0.39, 0.29) is 0 Å². The highest BCUT2D eigenvalue weighted by Crippen LogP contribution is 2.27. The minimum atomic E-state index is -0.997. The number of rotatable bonds is 3. The second-order valence-corrected chi connectivity index (χ2v) is 4.26. The maximum atomic E-state index is 12.9. The third-order valence-corrected chi connectivity index (χ3v) is 2.13. The highest BCUT2D eigenvalue weighted by Gasteiger charge is 2.24. The third kappa shape index (κ3) is 2.77. The largest absolute Gasteiger partial charge is 0.385 e. The van der Waals surface area contributed by atoms with Crippen LogP contribution in [0.15, 0.2) is 18.5 Å². The van der Waals surface area contributed by atoms with Crippen LogP contribution in [0.4, 0.5) is 4.39 Å². The molecule has 0 bridgehead atoms. The van der Waals surface area contributed by atoms with E-state index in [0.717, 1.165) is 6.20 Å². The van der Waals surface area contributed by atoms with Gasteiger partial charge in [0.2, 0.25) is 0 Å². The smallest absolute Gasteiger partial charge is 0.141 e. The van der Waals surface area contributed by atoms with Gasteiger partial charge in [-0.25, -0.2) is 4.39 Å². The van der Waals surface area contributed by atoms with Crippen LogP contribution in [0.25, 0.3) is 0 Å². The molecule has 2 nitrogen and oxygen atoms in total. The van der Waals surface area contributed by atoms with Gasteiger partial charge in [0.05, 0.1) is 11.8 Å². The molecule has 0 aliphatic carbocycles. The van der Waals surface area contributed by atoms with Gasteiger partial charge < -0.3 is 5.11 Å². The molecule has 0 fully saturated rings. The van der Waals surface area contributed by atoms with Gasteiger partial charge in [-0.1, -0.05) is 13.8 Å². The van der Waals surface area contributed by atoms with E-state index < -0.39 is 11.4 Å². The molecule has 1 rings (SSSR count). The molecule has 1 aromatic rings. The fourth-order valence-corrected chi connectivity index (χ4v) is 1.62. The summed E-state index contributed by atoms with van der Waals surface area (Å²) in [7, 11) is 0. The van der Waals surface area contributed by atoms with Crippen LogP contribution in [0.1, 0.15) is 32.8 Å². The molecule has 1 atom stereocenters. The van der Waals surface area contributed by atoms with Crippen molar-refractivity contribution >= 4 is 0 Å². The number of nitrogens with zero attached hydrogens (tertiary/aromatic N) is 1. The molecule has 0 amide bonds. The predicted molar refractivity (Wildman–Crippen MR) is 53.2 cm³/mol. The first-order valence-electron chi connectivity index (χ1n) is 4.75. The van der Waals surface area contributed by atoms with Crippen LogP contribution >= 0.6 is 0 Å². The molecule has 1 heterocycles. The van der Waals surface area contributed by atoms with Crippen molar-refractivity contribution in [3.63, 3.8) is 0 Å². The molecule has 0 aromatic carbocycles. The highest BCUT2D eigenvalue weighted by molar-refractivity contribution is 5.17. The minimum absolute atomic E-state index is 0.355. The molecule has 78 valence electrons. The van der Waals surface area contributed by atoms with Crippen molar-refractivity contribution in [2.75, 3.05) is 0 Å². The first-order chi connectivity index (χ1) is 6.42. The number of aromatic nitrogens is 1. The van der Waals surface area contributed by atoms with Gasteiger partial charge in [0, 0.05) is 11.8 Å². The van der Waals surface area contributed by atoms with Gasteiger partial charge >= 0.3 is 0 Å². The number of hydrogen-bond acceptors (Lipinski definition) is 2. The Labute approximate surface area is 83.8 Å². The van der Waals surface area contributed by atoms with Gasteiger partial charge in [0.15, 0.2) is 0 Å². The van der Waals surface area contributed by atoms with Gasteiger partial charge in [-0.15, -0.1) is 0 Å². The molecule has 1 N–H and O–H groups in total. The summed E-state index contributed by atoms with van der Waals surface area (Å²) in [5.74, 6) is -0.0557. The highest BCUT2D eigenvalue weighted by atomic mass is 19.1. The minimum Gasteiger partial charge on any atom is -0.385 e. The van der Waals surface area contributed by atoms with E-state index >= 15 is 0 Å². The molecule has 14 heavy (non-hydrogen) atoms. The predicted octanol–water partition coefficient (Wildman–Crippen LogP) is 2.47. The molecule has 0 aliphatic heterocycles. The maximum absolute atomic E-state index is 12.9. The van der Waals surface area contributed by atoms with Gasteiger partial charge in [-0.05, 0) is 25.3 Å². The molecular weight excluding hydrogens is 181 g/mol. The summed E-state index contributed by atoms with van der Waals surface area (Å²) in [6.45, 7) is 5.71. The summed E-state index contributed by atoms with van der Waals surface area (Å²) >= 11 is 0. The van der Waals surface area contributed by atoms with Crippen molar-refractivity contribution in [3.8, 4) is 0 Å². The van der Waals surface area contributed by atoms with Crippen LogP contribution < -0.4 is 0 Å². The molecule has 0 saturated carbocycles. The van der Waals surface area contributed by atoms with Crippen LogP contribution in [-0.2, 0) is 5.60 Å². The van der Waals surface area contributed by atoms with Crippen molar-refractivity contribution in [1.29, 1.82) is 0 Å². The number of aliphatic hydroxyl groups is 1. The number of pyridine rings is 1. The Morgan fingerprint density at radius 2 is 2.14 bits per heavy atom. The second kappa shape index (κ2) is 4.05. The van der Waals surface area contributed by atoms with Crippen LogP contribution in [0.3, 0.4) is 0 Å². The van der Waals surface area contributed by atoms with E-state index in [9.17, 15) is 9.50 Å². The number of halogens is 1. The summed E-state index contributed by atoms with van der Waals surface area (Å²) in [5, 5.41) is 10.1. The SMILES string of the molecule is CC(C)CC(C)(O)c1cncc(F)c1. The average Bonchev–Trinajstić information content (AvgIpc) is 2.01. The zero-order valence-electron chi connectivity index (χ0n) is 8.79. The van der Waals surface area contributed by atoms with Gasteiger partial charge in [0.1, 0.15) is 5.82 Å². The van der Waals surface area contributed by atoms with Crippen LogP contribution in [-0.4, -0.2) is 10.1 Å². The topological polar surface area (TPSA) is 33.1 Å². The van der Waals surface area contributed by atoms with Crippen molar-refractivity contribution < 1.29 is 9.50 Å². The first-order valence-corrected chi connectivity index (χ1v) is 4.75. The maximum Gasteiger partial charge on any atom is 0.141 e. The van der Waals surface area contributed by atoms with Crippen molar-refractivity contribution in [2.24, 2.45) is 5.92 Å². The van der Waals surface area contributed by atoms with Crippen molar-refractivity contribution in [3.05, 3.63) is 29.8 Å². The zero-order chi connectivity index (χ0) is 10.8. The second-order valence-electron chi connectivity index (χ2n) is 4.26. The van der Waals surface area contributed by atoms with Crippen LogP contribution in [0.5, 0.6) is 0 Å². The summed E-state index contributed by atoms with van der Waals surface area (Å²) in [6.07, 6.45) is 3.23. The lowest BCUT2D eigenvalue weighted by molar-refractivity contribution is 0.0342. The average molecular weight is 197 g/mol. The van der Waals surface area contributed by atoms with E-state index in [1.54, 1.807) is 6.92 Å². The fraction of sp³-hybridized carbons (Fsp3) is 0.545. The molecule has 0 radical (unpaired) electrons. The Balaban J connectivity index is 2.91. The molecule has 1 aromatic heterocycles. The Bertz CT molecular complexity index is 310. The molecule has 0 spiro atoms. The van der Waals surface area contributed by atoms with Crippen LogP contribution in [0.2, 0.25) is 0 Å². The lowest BCUT2D eigenvalue weighted by Gasteiger charge is -2.25. The van der Waals surface area contributed by atoms with E-state index in [4.69, 9.17) is 0 Å². The molecule has 0 saturated heterocycles. The molecular formula is C11H16FNO. The van der Waals surface area contributed by atoms with Gasteiger partial charge in [-0.2, -0.15) is 0 Å². The molecule has 3 heteroatoms. The monoisotopic (exact) mass is 197 g/mol. The summed E-state index contributed by atoms with van der Waals surface area (Å²) in [5.41, 5.74) is -0.463. The lowest BCUT2D eigenvalue weighted by Crippen LogP contribution is -2.23. The summed E-state index contributed by atoms with van der Waals surface area (Å²) in [4.78, 5) is 3.72. The zero-order valence-corrected chi connectivity index (χ0v) is 8.79. The Morgan fingerprint density at radius 3 is 2.64 bits per heavy atom. The normalized spacial score (nSPS) is 15.6. The van der Waals surface area contributed by atoms with E-state index in [1.165, 1.54) is 12.3 Å². The van der Waals surface area contributed by atoms with E-state index in [1.807, 2.05) is 13.8 Å². The van der Waals surface area contributed by atoms with Gasteiger partial charge in [0.25, 0.3) is 0 Å². The molecule has 1 unspecified atom stereocenters. The summed E-state index contributed by atoms with van der Waals surface area (Å²) < 4.78 is 12.9. The first kappa shape index (κ1) is 11.1. The standard InChI is InChI=1S/C11H16FNO/c1-8(2)5-11(3,14)9-4-10(12)7-13-6-9/h4,6-8,14H,5H2,1-3H3. The third-order valence-electron chi connectivity index (χ3n) is 2.13.